The number of aldehydes is 1. The van der Waals surface area contributed by atoms with Crippen LogP contribution in [-0.4, -0.2) is 57.0 Å². The molecule has 0 spiro atoms. The number of fused-ring (bicyclic) bond motifs is 1. The summed E-state index contributed by atoms with van der Waals surface area (Å²) in [4.78, 5) is 27.9. The van der Waals surface area contributed by atoms with Gasteiger partial charge in [-0.2, -0.15) is 10.1 Å². The Morgan fingerprint density at radius 3 is 2.87 bits per heavy atom. The molecule has 3 N–H and O–H groups in total. The number of rotatable bonds is 9. The van der Waals surface area contributed by atoms with Gasteiger partial charge in [0.25, 0.3) is 0 Å². The quantitative estimate of drug-likeness (QED) is 0.462. The van der Waals surface area contributed by atoms with E-state index in [1.807, 2.05) is 0 Å². The van der Waals surface area contributed by atoms with Crippen LogP contribution in [0.1, 0.15) is 60.6 Å². The summed E-state index contributed by atoms with van der Waals surface area (Å²) in [5.41, 5.74) is 8.25. The van der Waals surface area contributed by atoms with Gasteiger partial charge in [0.15, 0.2) is 0 Å². The third kappa shape index (κ3) is 4.59. The molecule has 10 heteroatoms. The third-order valence-electron chi connectivity index (χ3n) is 5.37. The zero-order chi connectivity index (χ0) is 20.9. The van der Waals surface area contributed by atoms with Crippen molar-refractivity contribution >= 4 is 35.6 Å². The first-order valence-electron chi connectivity index (χ1n) is 10.5. The minimum atomic E-state index is -0.583. The predicted molar refractivity (Wildman–Crippen MR) is 118 cm³/mol. The smallest absolute Gasteiger partial charge is 0.222 e. The number of thiazole rings is 1. The standard InChI is InChI=1S/C20H28N8OS/c1-2-3-6-22-19-18-15(25-20(21)26-19)9-23-28(16(18)12-29)11-17-24-14(13-30-17)10-27-7-4-5-8-27/h9,12-13,16H,2-8,10-11H2,1H3,(H3,21,22,25,26). The van der Waals surface area contributed by atoms with Crippen LogP contribution in [0.2, 0.25) is 0 Å². The van der Waals surface area contributed by atoms with Gasteiger partial charge in [0, 0.05) is 18.5 Å². The maximum absolute atomic E-state index is 12.1. The Hall–Kier alpha value is -2.59. The van der Waals surface area contributed by atoms with Crippen molar-refractivity contribution in [3.63, 3.8) is 0 Å². The minimum absolute atomic E-state index is 0.170. The molecule has 4 heterocycles. The van der Waals surface area contributed by atoms with Gasteiger partial charge in [0.1, 0.15) is 23.2 Å². The van der Waals surface area contributed by atoms with Gasteiger partial charge in [-0.15, -0.1) is 11.3 Å². The number of carbonyl (C=O) groups is 1. The lowest BCUT2D eigenvalue weighted by Crippen LogP contribution is -2.31. The number of nitrogens with zero attached hydrogens (tertiary/aromatic N) is 6. The molecule has 0 aromatic carbocycles. The Kier molecular flexibility index (Phi) is 6.53. The van der Waals surface area contributed by atoms with Crippen molar-refractivity contribution in [2.45, 2.75) is 51.7 Å². The molecule has 0 bridgehead atoms. The van der Waals surface area contributed by atoms with Crippen molar-refractivity contribution in [1.29, 1.82) is 0 Å². The third-order valence-corrected chi connectivity index (χ3v) is 6.25. The van der Waals surface area contributed by atoms with Gasteiger partial charge in [0.2, 0.25) is 5.95 Å². The van der Waals surface area contributed by atoms with Gasteiger partial charge in [-0.25, -0.2) is 9.97 Å². The highest BCUT2D eigenvalue weighted by atomic mass is 32.1. The molecule has 160 valence electrons. The van der Waals surface area contributed by atoms with Gasteiger partial charge in [-0.1, -0.05) is 13.3 Å². The lowest BCUT2D eigenvalue weighted by molar-refractivity contribution is -0.112. The molecule has 0 radical (unpaired) electrons. The van der Waals surface area contributed by atoms with E-state index in [0.717, 1.165) is 61.6 Å². The van der Waals surface area contributed by atoms with Crippen molar-refractivity contribution in [1.82, 2.24) is 24.9 Å². The maximum Gasteiger partial charge on any atom is 0.222 e. The summed E-state index contributed by atoms with van der Waals surface area (Å²) in [5.74, 6) is 0.775. The fourth-order valence-corrected chi connectivity index (χ4v) is 4.62. The second-order valence-corrected chi connectivity index (χ2v) is 8.59. The first kappa shape index (κ1) is 20.7. The van der Waals surface area contributed by atoms with Gasteiger partial charge in [-0.05, 0) is 32.4 Å². The number of hydrazone groups is 1. The Labute approximate surface area is 180 Å². The zero-order valence-corrected chi connectivity index (χ0v) is 18.1. The summed E-state index contributed by atoms with van der Waals surface area (Å²) < 4.78 is 0. The number of nitrogen functional groups attached to an aromatic ring is 1. The van der Waals surface area contributed by atoms with E-state index >= 15 is 0 Å². The van der Waals surface area contributed by atoms with E-state index in [0.29, 0.717) is 18.1 Å². The Morgan fingerprint density at radius 2 is 2.10 bits per heavy atom. The molecule has 0 amide bonds. The molecular weight excluding hydrogens is 400 g/mol. The number of carbonyl (C=O) groups excluding carboxylic acids is 1. The van der Waals surface area contributed by atoms with Crippen molar-refractivity contribution in [3.05, 3.63) is 27.3 Å². The lowest BCUT2D eigenvalue weighted by atomic mass is 10.0. The molecule has 2 aliphatic rings. The van der Waals surface area contributed by atoms with E-state index in [2.05, 4.69) is 37.6 Å². The van der Waals surface area contributed by atoms with Gasteiger partial charge < -0.3 is 15.8 Å². The van der Waals surface area contributed by atoms with Crippen molar-refractivity contribution in [2.24, 2.45) is 5.10 Å². The summed E-state index contributed by atoms with van der Waals surface area (Å²) in [7, 11) is 0. The van der Waals surface area contributed by atoms with Crippen LogP contribution >= 0.6 is 11.3 Å². The first-order valence-corrected chi connectivity index (χ1v) is 11.4. The largest absolute Gasteiger partial charge is 0.370 e. The Bertz CT molecular complexity index is 908. The average Bonchev–Trinajstić information content (AvgIpc) is 3.40. The fraction of sp³-hybridized carbons (Fsp3) is 0.550. The molecule has 1 unspecified atom stereocenters. The topological polar surface area (TPSA) is 113 Å². The van der Waals surface area contributed by atoms with Crippen molar-refractivity contribution in [3.8, 4) is 0 Å². The second kappa shape index (κ2) is 9.48. The number of hydrogen-bond donors (Lipinski definition) is 2. The molecule has 1 atom stereocenters. The van der Waals surface area contributed by atoms with E-state index in [-0.39, 0.29) is 5.95 Å². The van der Waals surface area contributed by atoms with Crippen LogP contribution in [0.4, 0.5) is 11.8 Å². The molecule has 1 saturated heterocycles. The monoisotopic (exact) mass is 428 g/mol. The van der Waals surface area contributed by atoms with Crippen LogP contribution in [0.15, 0.2) is 10.5 Å². The van der Waals surface area contributed by atoms with Crippen LogP contribution in [0, 0.1) is 0 Å². The number of anilines is 2. The van der Waals surface area contributed by atoms with Crippen LogP contribution in [-0.2, 0) is 17.9 Å². The minimum Gasteiger partial charge on any atom is -0.370 e. The van der Waals surface area contributed by atoms with E-state index in [1.165, 1.54) is 12.8 Å². The summed E-state index contributed by atoms with van der Waals surface area (Å²) >= 11 is 1.61. The second-order valence-electron chi connectivity index (χ2n) is 7.65. The number of nitrogens with one attached hydrogen (secondary N) is 1. The molecular formula is C20H28N8OS. The summed E-state index contributed by atoms with van der Waals surface area (Å²) in [6.45, 7) is 6.52. The van der Waals surface area contributed by atoms with E-state index in [9.17, 15) is 4.79 Å². The molecule has 30 heavy (non-hydrogen) atoms. The summed E-state index contributed by atoms with van der Waals surface area (Å²) in [6, 6.07) is -0.583. The molecule has 0 saturated carbocycles. The SMILES string of the molecule is CCCCNc1nc(N)nc2c1C(C=O)N(Cc1nc(CN3CCCC3)cs1)N=C2. The number of nitrogens with two attached hydrogens (primary N) is 1. The van der Waals surface area contributed by atoms with Crippen molar-refractivity contribution in [2.75, 3.05) is 30.7 Å². The van der Waals surface area contributed by atoms with Gasteiger partial charge >= 0.3 is 0 Å². The molecule has 9 nitrogen and oxygen atoms in total. The van der Waals surface area contributed by atoms with Crippen LogP contribution in [0.5, 0.6) is 0 Å². The highest BCUT2D eigenvalue weighted by Gasteiger charge is 2.30. The van der Waals surface area contributed by atoms with E-state index < -0.39 is 6.04 Å². The zero-order valence-electron chi connectivity index (χ0n) is 17.3. The summed E-state index contributed by atoms with van der Waals surface area (Å²) in [6.07, 6.45) is 7.13. The van der Waals surface area contributed by atoms with E-state index in [1.54, 1.807) is 22.6 Å². The number of likely N-dealkylation sites (tertiary alicyclic amines) is 1. The fourth-order valence-electron chi connectivity index (χ4n) is 3.84. The number of aromatic nitrogens is 3. The number of hydrogen-bond acceptors (Lipinski definition) is 10. The predicted octanol–water partition coefficient (Wildman–Crippen LogP) is 2.41. The maximum atomic E-state index is 12.1. The molecule has 2 aliphatic heterocycles. The Morgan fingerprint density at radius 1 is 1.27 bits per heavy atom. The highest BCUT2D eigenvalue weighted by molar-refractivity contribution is 7.09. The van der Waals surface area contributed by atoms with Crippen molar-refractivity contribution < 1.29 is 4.79 Å². The van der Waals surface area contributed by atoms with Gasteiger partial charge in [-0.3, -0.25) is 9.91 Å². The van der Waals surface area contributed by atoms with Crippen LogP contribution < -0.4 is 11.1 Å². The molecule has 1 fully saturated rings. The molecule has 2 aromatic heterocycles. The number of unbranched alkanes of at least 4 members (excludes halogenated alkanes) is 1. The van der Waals surface area contributed by atoms with Gasteiger partial charge in [0.05, 0.1) is 29.7 Å². The summed E-state index contributed by atoms with van der Waals surface area (Å²) in [5, 5.41) is 12.6. The first-order chi connectivity index (χ1) is 14.7. The highest BCUT2D eigenvalue weighted by Crippen LogP contribution is 2.32. The van der Waals surface area contributed by atoms with Crippen LogP contribution in [0.25, 0.3) is 0 Å². The molecule has 2 aromatic rings. The normalized spacial score (nSPS) is 18.6. The lowest BCUT2D eigenvalue weighted by Gasteiger charge is -2.30. The van der Waals surface area contributed by atoms with E-state index in [4.69, 9.17) is 10.7 Å². The Balaban J connectivity index is 1.51. The average molecular weight is 429 g/mol. The molecule has 4 rings (SSSR count). The van der Waals surface area contributed by atoms with Crippen LogP contribution in [0.3, 0.4) is 0 Å². The molecule has 0 aliphatic carbocycles.